The second-order valence-corrected chi connectivity index (χ2v) is 4.80. The van der Waals surface area contributed by atoms with Crippen LogP contribution in [0.15, 0.2) is 0 Å². The number of piperidine rings is 1. The lowest BCUT2D eigenvalue weighted by Crippen LogP contribution is -2.43. The Hall–Kier alpha value is -0.710. The van der Waals surface area contributed by atoms with Gasteiger partial charge in [0.25, 0.3) is 0 Å². The van der Waals surface area contributed by atoms with Gasteiger partial charge in [-0.1, -0.05) is 0 Å². The maximum atomic E-state index is 11.7. The zero-order chi connectivity index (χ0) is 11.3. The molecule has 0 bridgehead atoms. The van der Waals surface area contributed by atoms with Crippen molar-refractivity contribution in [1.29, 1.82) is 0 Å². The zero-order valence-corrected chi connectivity index (χ0v) is 9.76. The first kappa shape index (κ1) is 12.4. The van der Waals surface area contributed by atoms with Crippen LogP contribution in [0.25, 0.3) is 0 Å². The van der Waals surface area contributed by atoms with E-state index in [-0.39, 0.29) is 17.4 Å². The third-order valence-electron chi connectivity index (χ3n) is 2.57. The van der Waals surface area contributed by atoms with Crippen molar-refractivity contribution in [1.82, 2.24) is 4.90 Å². The molecule has 0 unspecified atom stereocenters. The molecular weight excluding hydrogens is 214 g/mol. The topological polar surface area (TPSA) is 57.6 Å². The van der Waals surface area contributed by atoms with Gasteiger partial charge >= 0.3 is 5.97 Å². The molecule has 1 rings (SSSR count). The van der Waals surface area contributed by atoms with Crippen LogP contribution in [0.3, 0.4) is 0 Å². The fourth-order valence-electron chi connectivity index (χ4n) is 1.78. The Balaban J connectivity index is 2.29. The normalized spacial score (nSPS) is 21.4. The van der Waals surface area contributed by atoms with Gasteiger partial charge in [0.2, 0.25) is 5.91 Å². The lowest BCUT2D eigenvalue weighted by atomic mass is 10.0. The van der Waals surface area contributed by atoms with E-state index >= 15 is 0 Å². The van der Waals surface area contributed by atoms with Gasteiger partial charge in [-0.3, -0.25) is 9.59 Å². The fraction of sp³-hybridized carbons (Fsp3) is 0.800. The molecule has 1 amide bonds. The largest absolute Gasteiger partial charge is 0.481 e. The van der Waals surface area contributed by atoms with Crippen molar-refractivity contribution in [2.75, 3.05) is 18.1 Å². The van der Waals surface area contributed by atoms with Crippen LogP contribution in [-0.4, -0.2) is 46.0 Å². The first-order valence-corrected chi connectivity index (χ1v) is 6.35. The summed E-state index contributed by atoms with van der Waals surface area (Å²) in [6.07, 6.45) is 3.32. The third kappa shape index (κ3) is 4.11. The van der Waals surface area contributed by atoms with Gasteiger partial charge in [-0.2, -0.15) is 0 Å². The number of carbonyl (C=O) groups is 2. The summed E-state index contributed by atoms with van der Waals surface area (Å²) in [6, 6.07) is 0.316. The summed E-state index contributed by atoms with van der Waals surface area (Å²) < 4.78 is 0. The molecule has 0 radical (unpaired) electrons. The van der Waals surface area contributed by atoms with E-state index in [0.717, 1.165) is 19.4 Å². The molecule has 1 N–H and O–H groups in total. The van der Waals surface area contributed by atoms with E-state index in [2.05, 4.69) is 6.92 Å². The summed E-state index contributed by atoms with van der Waals surface area (Å²) in [5.41, 5.74) is 0. The Labute approximate surface area is 94.0 Å². The first-order chi connectivity index (χ1) is 7.11. The highest BCUT2D eigenvalue weighted by atomic mass is 32.2. The second-order valence-electron chi connectivity index (χ2n) is 3.82. The van der Waals surface area contributed by atoms with Crippen molar-refractivity contribution in [3.8, 4) is 0 Å². The minimum atomic E-state index is -0.862. The fourth-order valence-corrected chi connectivity index (χ4v) is 2.39. The summed E-state index contributed by atoms with van der Waals surface area (Å²) in [7, 11) is 0. The van der Waals surface area contributed by atoms with E-state index in [0.29, 0.717) is 6.04 Å². The Morgan fingerprint density at radius 1 is 1.40 bits per heavy atom. The summed E-state index contributed by atoms with van der Waals surface area (Å²) in [4.78, 5) is 23.9. The van der Waals surface area contributed by atoms with E-state index in [9.17, 15) is 9.59 Å². The molecule has 1 fully saturated rings. The average molecular weight is 231 g/mol. The summed E-state index contributed by atoms with van der Waals surface area (Å²) in [6.45, 7) is 2.88. The Bertz CT molecular complexity index is 245. The quantitative estimate of drug-likeness (QED) is 0.790. The van der Waals surface area contributed by atoms with Gasteiger partial charge in [0.15, 0.2) is 0 Å². The van der Waals surface area contributed by atoms with Crippen molar-refractivity contribution in [2.24, 2.45) is 0 Å². The standard InChI is InChI=1S/C10H17NO3S/c1-8-4-2-3-5-11(8)9(12)6-15-7-10(13)14/h8H,2-7H2,1H3,(H,13,14)/t8-/m1/s1. The van der Waals surface area contributed by atoms with E-state index < -0.39 is 5.97 Å². The zero-order valence-electron chi connectivity index (χ0n) is 8.94. The van der Waals surface area contributed by atoms with Gasteiger partial charge in [-0.25, -0.2) is 0 Å². The van der Waals surface area contributed by atoms with Crippen LogP contribution in [0.2, 0.25) is 0 Å². The molecule has 1 atom stereocenters. The molecule has 0 aliphatic carbocycles. The van der Waals surface area contributed by atoms with Gasteiger partial charge in [0.05, 0.1) is 11.5 Å². The number of carboxylic acids is 1. The Kier molecular flexibility index (Phi) is 4.94. The van der Waals surface area contributed by atoms with Gasteiger partial charge in [-0.15, -0.1) is 11.8 Å². The molecule has 4 nitrogen and oxygen atoms in total. The Morgan fingerprint density at radius 2 is 2.13 bits per heavy atom. The molecule has 1 heterocycles. The number of carboxylic acid groups (broad SMARTS) is 1. The van der Waals surface area contributed by atoms with E-state index in [4.69, 9.17) is 5.11 Å². The van der Waals surface area contributed by atoms with Crippen molar-refractivity contribution in [3.63, 3.8) is 0 Å². The number of rotatable bonds is 4. The smallest absolute Gasteiger partial charge is 0.313 e. The molecule has 1 saturated heterocycles. The SMILES string of the molecule is C[C@@H]1CCCCN1C(=O)CSCC(=O)O. The monoisotopic (exact) mass is 231 g/mol. The van der Waals surface area contributed by atoms with Crippen LogP contribution in [0.4, 0.5) is 0 Å². The minimum Gasteiger partial charge on any atom is -0.481 e. The van der Waals surface area contributed by atoms with Crippen LogP contribution in [-0.2, 0) is 9.59 Å². The number of hydrogen-bond donors (Lipinski definition) is 1. The van der Waals surface area contributed by atoms with Crippen LogP contribution in [0.1, 0.15) is 26.2 Å². The van der Waals surface area contributed by atoms with Crippen LogP contribution < -0.4 is 0 Å². The summed E-state index contributed by atoms with van der Waals surface area (Å²) >= 11 is 1.17. The highest BCUT2D eigenvalue weighted by Crippen LogP contribution is 2.17. The summed E-state index contributed by atoms with van der Waals surface area (Å²) in [5.74, 6) is -0.488. The minimum absolute atomic E-state index is 0.00790. The molecule has 5 heteroatoms. The van der Waals surface area contributed by atoms with Crippen molar-refractivity contribution in [3.05, 3.63) is 0 Å². The van der Waals surface area contributed by atoms with Crippen molar-refractivity contribution < 1.29 is 14.7 Å². The van der Waals surface area contributed by atoms with Gasteiger partial charge in [-0.05, 0) is 26.2 Å². The predicted octanol–water partition coefficient (Wildman–Crippen LogP) is 1.21. The molecule has 86 valence electrons. The number of likely N-dealkylation sites (tertiary alicyclic amines) is 1. The van der Waals surface area contributed by atoms with Crippen LogP contribution in [0.5, 0.6) is 0 Å². The second kappa shape index (κ2) is 6.00. The maximum absolute atomic E-state index is 11.7. The number of aliphatic carboxylic acids is 1. The molecule has 0 spiro atoms. The number of carbonyl (C=O) groups excluding carboxylic acids is 1. The lowest BCUT2D eigenvalue weighted by Gasteiger charge is -2.33. The van der Waals surface area contributed by atoms with Crippen LogP contribution >= 0.6 is 11.8 Å². The third-order valence-corrected chi connectivity index (χ3v) is 3.48. The molecule has 0 aromatic rings. The molecule has 15 heavy (non-hydrogen) atoms. The van der Waals surface area contributed by atoms with Crippen LogP contribution in [0, 0.1) is 0 Å². The Morgan fingerprint density at radius 3 is 2.73 bits per heavy atom. The number of thioether (sulfide) groups is 1. The predicted molar refractivity (Wildman–Crippen MR) is 60.0 cm³/mol. The summed E-state index contributed by atoms with van der Waals surface area (Å²) in [5, 5.41) is 8.44. The molecule has 1 aliphatic heterocycles. The van der Waals surface area contributed by atoms with Gasteiger partial charge in [0.1, 0.15) is 0 Å². The molecule has 1 aliphatic rings. The van der Waals surface area contributed by atoms with Crippen molar-refractivity contribution >= 4 is 23.6 Å². The molecule has 0 aromatic heterocycles. The van der Waals surface area contributed by atoms with Crippen molar-refractivity contribution in [2.45, 2.75) is 32.2 Å². The molecular formula is C10H17NO3S. The molecule has 0 saturated carbocycles. The number of amides is 1. The van der Waals surface area contributed by atoms with Gasteiger partial charge in [0, 0.05) is 12.6 Å². The average Bonchev–Trinajstić information content (AvgIpc) is 2.17. The van der Waals surface area contributed by atoms with E-state index in [1.54, 1.807) is 0 Å². The lowest BCUT2D eigenvalue weighted by molar-refractivity contribution is -0.133. The highest BCUT2D eigenvalue weighted by Gasteiger charge is 2.22. The van der Waals surface area contributed by atoms with Gasteiger partial charge < -0.3 is 10.0 Å². The molecule has 0 aromatic carbocycles. The first-order valence-electron chi connectivity index (χ1n) is 5.20. The van der Waals surface area contributed by atoms with E-state index in [1.165, 1.54) is 18.2 Å². The number of nitrogens with zero attached hydrogens (tertiary/aromatic N) is 1. The highest BCUT2D eigenvalue weighted by molar-refractivity contribution is 8.00. The maximum Gasteiger partial charge on any atom is 0.313 e. The number of hydrogen-bond acceptors (Lipinski definition) is 3. The van der Waals surface area contributed by atoms with E-state index in [1.807, 2.05) is 4.90 Å².